The maximum absolute atomic E-state index is 11.4. The van der Waals surface area contributed by atoms with E-state index < -0.39 is 15.4 Å². The Morgan fingerprint density at radius 2 is 2.17 bits per heavy atom. The summed E-state index contributed by atoms with van der Waals surface area (Å²) in [7, 11) is -2.84. The molecule has 5 nitrogen and oxygen atoms in total. The van der Waals surface area contributed by atoms with E-state index in [9.17, 15) is 13.5 Å². The lowest BCUT2D eigenvalue weighted by atomic mass is 9.94. The summed E-state index contributed by atoms with van der Waals surface area (Å²) in [5.41, 5.74) is 4.80. The molecule has 0 spiro atoms. The second kappa shape index (κ2) is 6.32. The van der Waals surface area contributed by atoms with Crippen molar-refractivity contribution in [2.45, 2.75) is 44.8 Å². The third-order valence-corrected chi connectivity index (χ3v) is 5.73. The van der Waals surface area contributed by atoms with Gasteiger partial charge in [0.2, 0.25) is 0 Å². The van der Waals surface area contributed by atoms with Gasteiger partial charge in [0, 0.05) is 19.1 Å². The maximum Gasteiger partial charge on any atom is 0.153 e. The molecule has 0 aliphatic carbocycles. The fourth-order valence-electron chi connectivity index (χ4n) is 2.40. The molecule has 2 atom stereocenters. The van der Waals surface area contributed by atoms with E-state index in [0.717, 1.165) is 13.0 Å². The van der Waals surface area contributed by atoms with Crippen LogP contribution in [0.15, 0.2) is 0 Å². The Labute approximate surface area is 110 Å². The van der Waals surface area contributed by atoms with Crippen LogP contribution in [0.4, 0.5) is 0 Å². The molecule has 0 aromatic rings. The molecule has 0 aromatic carbocycles. The summed E-state index contributed by atoms with van der Waals surface area (Å²) in [6.07, 6.45) is 2.19. The van der Waals surface area contributed by atoms with E-state index >= 15 is 0 Å². The molecule has 108 valence electrons. The van der Waals surface area contributed by atoms with Crippen molar-refractivity contribution in [2.24, 2.45) is 5.73 Å². The van der Waals surface area contributed by atoms with Gasteiger partial charge in [-0.15, -0.1) is 0 Å². The molecule has 0 amide bonds. The molecule has 0 saturated carbocycles. The van der Waals surface area contributed by atoms with Crippen LogP contribution in [-0.4, -0.2) is 61.2 Å². The third-order valence-electron chi connectivity index (χ3n) is 3.93. The van der Waals surface area contributed by atoms with Crippen LogP contribution in [0.2, 0.25) is 0 Å². The summed E-state index contributed by atoms with van der Waals surface area (Å²) in [6.45, 7) is 5.61. The number of nitrogens with zero attached hydrogens (tertiary/aromatic N) is 1. The van der Waals surface area contributed by atoms with Gasteiger partial charge in [0.15, 0.2) is 9.84 Å². The molecule has 18 heavy (non-hydrogen) atoms. The van der Waals surface area contributed by atoms with Crippen LogP contribution in [0.3, 0.4) is 0 Å². The van der Waals surface area contributed by atoms with E-state index in [-0.39, 0.29) is 24.1 Å². The number of nitrogens with two attached hydrogens (primary N) is 1. The van der Waals surface area contributed by atoms with E-state index in [2.05, 4.69) is 4.90 Å². The van der Waals surface area contributed by atoms with Crippen molar-refractivity contribution in [1.82, 2.24) is 4.90 Å². The van der Waals surface area contributed by atoms with Crippen LogP contribution < -0.4 is 5.73 Å². The largest absolute Gasteiger partial charge is 0.389 e. The number of sulfone groups is 1. The fourth-order valence-corrected chi connectivity index (χ4v) is 4.02. The second-order valence-electron chi connectivity index (χ2n) is 5.38. The second-order valence-corrected chi connectivity index (χ2v) is 7.61. The third kappa shape index (κ3) is 4.50. The van der Waals surface area contributed by atoms with E-state index in [0.29, 0.717) is 19.4 Å². The number of rotatable bonds is 6. The van der Waals surface area contributed by atoms with E-state index in [1.54, 1.807) is 0 Å². The van der Waals surface area contributed by atoms with Gasteiger partial charge in [-0.3, -0.25) is 4.90 Å². The first kappa shape index (κ1) is 15.9. The first-order chi connectivity index (χ1) is 8.32. The number of hydrogen-bond donors (Lipinski definition) is 2. The molecule has 3 N–H and O–H groups in total. The first-order valence-corrected chi connectivity index (χ1v) is 8.51. The van der Waals surface area contributed by atoms with Crippen LogP contribution in [0.25, 0.3) is 0 Å². The minimum absolute atomic E-state index is 0.0799. The Balaban J connectivity index is 2.37. The minimum Gasteiger partial charge on any atom is -0.389 e. The van der Waals surface area contributed by atoms with Crippen LogP contribution in [-0.2, 0) is 9.84 Å². The molecular weight excluding hydrogens is 252 g/mol. The van der Waals surface area contributed by atoms with Crippen molar-refractivity contribution in [3.63, 3.8) is 0 Å². The predicted octanol–water partition coefficient (Wildman–Crippen LogP) is -0.0147. The lowest BCUT2D eigenvalue weighted by molar-refractivity contribution is 0.0307. The lowest BCUT2D eigenvalue weighted by Crippen LogP contribution is -2.47. The van der Waals surface area contributed by atoms with Gasteiger partial charge in [-0.2, -0.15) is 0 Å². The van der Waals surface area contributed by atoms with E-state index in [4.69, 9.17) is 5.73 Å². The average molecular weight is 278 g/mol. The molecule has 1 aliphatic rings. The molecule has 6 heteroatoms. The van der Waals surface area contributed by atoms with Crippen LogP contribution in [0, 0.1) is 0 Å². The number of hydrogen-bond acceptors (Lipinski definition) is 5. The molecule has 1 rings (SSSR count). The smallest absolute Gasteiger partial charge is 0.153 e. The van der Waals surface area contributed by atoms with Gasteiger partial charge in [-0.1, -0.05) is 6.92 Å². The number of aliphatic hydroxyl groups is 1. The summed E-state index contributed by atoms with van der Waals surface area (Å²) in [6, 6.07) is 0.0799. The molecule has 2 unspecified atom stereocenters. The van der Waals surface area contributed by atoms with Crippen molar-refractivity contribution in [2.75, 3.05) is 31.1 Å². The highest BCUT2D eigenvalue weighted by molar-refractivity contribution is 7.91. The highest BCUT2D eigenvalue weighted by Gasteiger charge is 2.28. The SMILES string of the molecule is CCC(O)(CN)CCCN1CCS(=O)(=O)CC1C. The monoisotopic (exact) mass is 278 g/mol. The van der Waals surface area contributed by atoms with Crippen LogP contribution >= 0.6 is 0 Å². The quantitative estimate of drug-likeness (QED) is 0.714. The van der Waals surface area contributed by atoms with E-state index in [1.165, 1.54) is 0 Å². The summed E-state index contributed by atoms with van der Waals surface area (Å²) in [4.78, 5) is 2.19. The summed E-state index contributed by atoms with van der Waals surface area (Å²) < 4.78 is 22.9. The van der Waals surface area contributed by atoms with Crippen molar-refractivity contribution in [1.29, 1.82) is 0 Å². The molecule has 0 aromatic heterocycles. The highest BCUT2D eigenvalue weighted by atomic mass is 32.2. The Morgan fingerprint density at radius 3 is 2.67 bits per heavy atom. The molecular formula is C12H26N2O3S. The first-order valence-electron chi connectivity index (χ1n) is 6.69. The Hall–Kier alpha value is -0.170. The molecule has 0 bridgehead atoms. The van der Waals surface area contributed by atoms with Crippen molar-refractivity contribution < 1.29 is 13.5 Å². The van der Waals surface area contributed by atoms with Crippen molar-refractivity contribution >= 4 is 9.84 Å². The Kier molecular flexibility index (Phi) is 5.58. The maximum atomic E-state index is 11.4. The zero-order chi connectivity index (χ0) is 13.8. The minimum atomic E-state index is -2.84. The van der Waals surface area contributed by atoms with Crippen molar-refractivity contribution in [3.05, 3.63) is 0 Å². The molecule has 1 fully saturated rings. The topological polar surface area (TPSA) is 83.6 Å². The Bertz CT molecular complexity index is 352. The molecule has 1 aliphatic heterocycles. The van der Waals surface area contributed by atoms with Gasteiger partial charge < -0.3 is 10.8 Å². The van der Waals surface area contributed by atoms with E-state index in [1.807, 2.05) is 13.8 Å². The Morgan fingerprint density at radius 1 is 1.50 bits per heavy atom. The highest BCUT2D eigenvalue weighted by Crippen LogP contribution is 2.18. The standard InChI is InChI=1S/C12H26N2O3S/c1-3-12(15,10-13)5-4-6-14-7-8-18(16,17)9-11(14)2/h11,15H,3-10,13H2,1-2H3. The van der Waals surface area contributed by atoms with Crippen molar-refractivity contribution in [3.8, 4) is 0 Å². The van der Waals surface area contributed by atoms with Gasteiger partial charge in [0.25, 0.3) is 0 Å². The normalized spacial score (nSPS) is 27.9. The predicted molar refractivity (Wildman–Crippen MR) is 73.2 cm³/mol. The summed E-state index contributed by atoms with van der Waals surface area (Å²) in [5.74, 6) is 0.508. The van der Waals surface area contributed by atoms with Crippen LogP contribution in [0.5, 0.6) is 0 Å². The zero-order valence-corrected chi connectivity index (χ0v) is 12.2. The summed E-state index contributed by atoms with van der Waals surface area (Å²) >= 11 is 0. The molecule has 1 saturated heterocycles. The van der Waals surface area contributed by atoms with Gasteiger partial charge in [-0.25, -0.2) is 8.42 Å². The van der Waals surface area contributed by atoms with Gasteiger partial charge in [0.05, 0.1) is 17.1 Å². The fraction of sp³-hybridized carbons (Fsp3) is 1.00. The van der Waals surface area contributed by atoms with Gasteiger partial charge in [-0.05, 0) is 32.7 Å². The molecule has 1 heterocycles. The van der Waals surface area contributed by atoms with Gasteiger partial charge in [0.1, 0.15) is 0 Å². The molecule has 0 radical (unpaired) electrons. The lowest BCUT2D eigenvalue weighted by Gasteiger charge is -2.34. The summed E-state index contributed by atoms with van der Waals surface area (Å²) in [5, 5.41) is 10.1. The van der Waals surface area contributed by atoms with Crippen LogP contribution in [0.1, 0.15) is 33.1 Å². The zero-order valence-electron chi connectivity index (χ0n) is 11.4. The van der Waals surface area contributed by atoms with Gasteiger partial charge >= 0.3 is 0 Å². The average Bonchev–Trinajstić information content (AvgIpc) is 2.31.